The molecule has 0 unspecified atom stereocenters. The van der Waals surface area contributed by atoms with Crippen LogP contribution in [0.15, 0.2) is 12.1 Å². The van der Waals surface area contributed by atoms with E-state index in [1.54, 1.807) is 17.9 Å². The second kappa shape index (κ2) is 7.41. The van der Waals surface area contributed by atoms with Crippen molar-refractivity contribution < 1.29 is 9.18 Å². The zero-order valence-corrected chi connectivity index (χ0v) is 13.6. The zero-order chi connectivity index (χ0) is 16.2. The Morgan fingerprint density at radius 3 is 2.38 bits per heavy atom. The summed E-state index contributed by atoms with van der Waals surface area (Å²) in [5.41, 5.74) is 6.78. The summed E-state index contributed by atoms with van der Waals surface area (Å²) < 4.78 is 13.8. The number of carbonyl (C=O) groups excluding carboxylic acids is 1. The molecule has 4 nitrogen and oxygen atoms in total. The van der Waals surface area contributed by atoms with Gasteiger partial charge >= 0.3 is 0 Å². The van der Waals surface area contributed by atoms with Gasteiger partial charge in [-0.05, 0) is 39.1 Å². The lowest BCUT2D eigenvalue weighted by molar-refractivity contribution is 0.0724. The fraction of sp³-hybridized carbons (Fsp3) is 0.562. The van der Waals surface area contributed by atoms with E-state index in [1.165, 1.54) is 6.07 Å². The van der Waals surface area contributed by atoms with E-state index < -0.39 is 5.82 Å². The van der Waals surface area contributed by atoms with Crippen LogP contribution in [0.5, 0.6) is 0 Å². The average molecular weight is 295 g/mol. The highest BCUT2D eigenvalue weighted by atomic mass is 19.1. The number of hydrogen-bond donors (Lipinski definition) is 1. The van der Waals surface area contributed by atoms with Crippen molar-refractivity contribution in [3.05, 3.63) is 29.1 Å². The summed E-state index contributed by atoms with van der Waals surface area (Å²) in [6, 6.07) is 2.83. The molecule has 0 radical (unpaired) electrons. The molecular weight excluding hydrogens is 269 g/mol. The van der Waals surface area contributed by atoms with Crippen molar-refractivity contribution >= 4 is 11.6 Å². The van der Waals surface area contributed by atoms with E-state index in [2.05, 4.69) is 13.8 Å². The third-order valence-electron chi connectivity index (χ3n) is 3.32. The van der Waals surface area contributed by atoms with Gasteiger partial charge in [0.05, 0.1) is 0 Å². The fourth-order valence-corrected chi connectivity index (χ4v) is 2.04. The highest BCUT2D eigenvalue weighted by Crippen LogP contribution is 2.19. The molecule has 5 heteroatoms. The van der Waals surface area contributed by atoms with Crippen molar-refractivity contribution in [1.82, 2.24) is 9.80 Å². The van der Waals surface area contributed by atoms with E-state index in [4.69, 9.17) is 5.73 Å². The molecule has 1 aromatic rings. The molecule has 0 aliphatic rings. The maximum atomic E-state index is 13.8. The Labute approximate surface area is 126 Å². The predicted molar refractivity (Wildman–Crippen MR) is 84.8 cm³/mol. The van der Waals surface area contributed by atoms with E-state index in [9.17, 15) is 9.18 Å². The standard InChI is InChI=1S/C16H26FN3O/c1-11(2)10-20(7-6-19(4)5)16(21)13-8-14(17)12(3)15(18)9-13/h8-9,11H,6-7,10,18H2,1-5H3. The first kappa shape index (κ1) is 17.4. The molecular formula is C16H26FN3O. The van der Waals surface area contributed by atoms with Crippen molar-refractivity contribution in [2.75, 3.05) is 39.5 Å². The summed E-state index contributed by atoms with van der Waals surface area (Å²) in [7, 11) is 3.92. The molecule has 0 saturated heterocycles. The van der Waals surface area contributed by atoms with Gasteiger partial charge in [-0.25, -0.2) is 4.39 Å². The van der Waals surface area contributed by atoms with Crippen LogP contribution >= 0.6 is 0 Å². The number of amides is 1. The Balaban J connectivity index is 2.98. The molecule has 0 bridgehead atoms. The van der Waals surface area contributed by atoms with E-state index in [1.807, 2.05) is 19.0 Å². The maximum Gasteiger partial charge on any atom is 0.254 e. The largest absolute Gasteiger partial charge is 0.398 e. The lowest BCUT2D eigenvalue weighted by Gasteiger charge is -2.26. The first-order chi connectivity index (χ1) is 9.72. The third kappa shape index (κ3) is 5.01. The Hall–Kier alpha value is -1.62. The molecule has 0 fully saturated rings. The second-order valence-corrected chi connectivity index (χ2v) is 6.12. The van der Waals surface area contributed by atoms with Crippen LogP contribution in [0.4, 0.5) is 10.1 Å². The third-order valence-corrected chi connectivity index (χ3v) is 3.32. The minimum absolute atomic E-state index is 0.170. The van der Waals surface area contributed by atoms with E-state index in [-0.39, 0.29) is 5.91 Å². The highest BCUT2D eigenvalue weighted by molar-refractivity contribution is 5.95. The predicted octanol–water partition coefficient (Wildman–Crippen LogP) is 2.38. The SMILES string of the molecule is Cc1c(N)cc(C(=O)N(CCN(C)C)CC(C)C)cc1F. The van der Waals surface area contributed by atoms with Gasteiger partial charge in [-0.2, -0.15) is 0 Å². The van der Waals surface area contributed by atoms with Crippen LogP contribution < -0.4 is 5.73 Å². The summed E-state index contributed by atoms with van der Waals surface area (Å²) >= 11 is 0. The normalized spacial score (nSPS) is 11.2. The molecule has 0 heterocycles. The quantitative estimate of drug-likeness (QED) is 0.820. The van der Waals surface area contributed by atoms with Gasteiger partial charge in [-0.1, -0.05) is 13.8 Å². The summed E-state index contributed by atoms with van der Waals surface area (Å²) in [5, 5.41) is 0. The molecule has 2 N–H and O–H groups in total. The summed E-state index contributed by atoms with van der Waals surface area (Å²) in [5.74, 6) is -0.254. The Kier molecular flexibility index (Phi) is 6.15. The number of carbonyl (C=O) groups is 1. The van der Waals surface area contributed by atoms with Gasteiger partial charge in [-0.3, -0.25) is 4.79 Å². The van der Waals surface area contributed by atoms with Crippen molar-refractivity contribution in [2.24, 2.45) is 5.92 Å². The van der Waals surface area contributed by atoms with Crippen molar-refractivity contribution in [2.45, 2.75) is 20.8 Å². The number of nitrogens with zero attached hydrogens (tertiary/aromatic N) is 2. The van der Waals surface area contributed by atoms with Crippen molar-refractivity contribution in [1.29, 1.82) is 0 Å². The molecule has 1 aromatic carbocycles. The molecule has 0 aliphatic carbocycles. The molecule has 1 rings (SSSR count). The summed E-state index contributed by atoms with van der Waals surface area (Å²) in [4.78, 5) is 16.4. The number of benzene rings is 1. The Bertz CT molecular complexity index is 477. The molecule has 0 saturated carbocycles. The number of halogens is 1. The van der Waals surface area contributed by atoms with Gasteiger partial charge in [0.2, 0.25) is 0 Å². The first-order valence-corrected chi connectivity index (χ1v) is 7.22. The minimum Gasteiger partial charge on any atom is -0.398 e. The van der Waals surface area contributed by atoms with Crippen LogP contribution in [0.25, 0.3) is 0 Å². The summed E-state index contributed by atoms with van der Waals surface area (Å²) in [6.07, 6.45) is 0. The van der Waals surface area contributed by atoms with E-state index in [0.717, 1.165) is 6.54 Å². The Morgan fingerprint density at radius 1 is 1.29 bits per heavy atom. The van der Waals surface area contributed by atoms with Gasteiger partial charge in [0.1, 0.15) is 5.82 Å². The minimum atomic E-state index is -0.435. The molecule has 0 atom stereocenters. The van der Waals surface area contributed by atoms with E-state index in [0.29, 0.717) is 35.8 Å². The molecule has 1 amide bonds. The first-order valence-electron chi connectivity index (χ1n) is 7.22. The number of anilines is 1. The van der Waals surface area contributed by atoms with Gasteiger partial charge in [0.15, 0.2) is 0 Å². The molecule has 21 heavy (non-hydrogen) atoms. The Morgan fingerprint density at radius 2 is 1.90 bits per heavy atom. The zero-order valence-electron chi connectivity index (χ0n) is 13.6. The number of hydrogen-bond acceptors (Lipinski definition) is 3. The van der Waals surface area contributed by atoms with Crippen LogP contribution in [0.1, 0.15) is 29.8 Å². The van der Waals surface area contributed by atoms with Crippen LogP contribution in [0.3, 0.4) is 0 Å². The molecule has 0 aromatic heterocycles. The average Bonchev–Trinajstić information content (AvgIpc) is 2.38. The van der Waals surface area contributed by atoms with Gasteiger partial charge in [0.25, 0.3) is 5.91 Å². The fourth-order valence-electron chi connectivity index (χ4n) is 2.04. The van der Waals surface area contributed by atoms with E-state index >= 15 is 0 Å². The van der Waals surface area contributed by atoms with Crippen LogP contribution in [0, 0.1) is 18.7 Å². The van der Waals surface area contributed by atoms with Crippen LogP contribution in [-0.4, -0.2) is 49.4 Å². The molecule has 0 spiro atoms. The van der Waals surface area contributed by atoms with Crippen LogP contribution in [0.2, 0.25) is 0 Å². The van der Waals surface area contributed by atoms with Gasteiger partial charge < -0.3 is 15.5 Å². The number of likely N-dealkylation sites (N-methyl/N-ethyl adjacent to an activating group) is 1. The number of rotatable bonds is 6. The maximum absolute atomic E-state index is 13.8. The highest BCUT2D eigenvalue weighted by Gasteiger charge is 2.19. The monoisotopic (exact) mass is 295 g/mol. The van der Waals surface area contributed by atoms with Gasteiger partial charge in [-0.15, -0.1) is 0 Å². The van der Waals surface area contributed by atoms with Crippen LogP contribution in [-0.2, 0) is 0 Å². The van der Waals surface area contributed by atoms with Crippen molar-refractivity contribution in [3.8, 4) is 0 Å². The molecule has 118 valence electrons. The lowest BCUT2D eigenvalue weighted by atomic mass is 10.1. The lowest BCUT2D eigenvalue weighted by Crippen LogP contribution is -2.39. The smallest absolute Gasteiger partial charge is 0.254 e. The van der Waals surface area contributed by atoms with Gasteiger partial charge in [0, 0.05) is 36.4 Å². The second-order valence-electron chi connectivity index (χ2n) is 6.12. The number of nitrogens with two attached hydrogens (primary N) is 1. The van der Waals surface area contributed by atoms with Crippen molar-refractivity contribution in [3.63, 3.8) is 0 Å². The topological polar surface area (TPSA) is 49.6 Å². The molecule has 0 aliphatic heterocycles. The summed E-state index contributed by atoms with van der Waals surface area (Å²) in [6.45, 7) is 7.74. The number of nitrogen functional groups attached to an aromatic ring is 1.